The van der Waals surface area contributed by atoms with Gasteiger partial charge < -0.3 is 14.8 Å². The molecule has 0 atom stereocenters. The molecule has 0 saturated carbocycles. The lowest BCUT2D eigenvalue weighted by molar-refractivity contribution is 0.342. The Labute approximate surface area is 120 Å². The lowest BCUT2D eigenvalue weighted by Crippen LogP contribution is -2.40. The summed E-state index contributed by atoms with van der Waals surface area (Å²) in [6, 6.07) is 0. The molecule has 0 bridgehead atoms. The van der Waals surface area contributed by atoms with Crippen molar-refractivity contribution in [2.75, 3.05) is 26.3 Å². The molecule has 0 aliphatic carbocycles. The van der Waals surface area contributed by atoms with Crippen LogP contribution in [0.2, 0.25) is 0 Å². The monoisotopic (exact) mass is 273 g/mol. The average molecular weight is 273 g/mol. The molecule has 3 aliphatic rings. The van der Waals surface area contributed by atoms with Gasteiger partial charge in [0.15, 0.2) is 0 Å². The molecular formula is C17H23NO2. The van der Waals surface area contributed by atoms with Gasteiger partial charge in [-0.1, -0.05) is 13.8 Å². The lowest BCUT2D eigenvalue weighted by Gasteiger charge is -2.31. The third-order valence-corrected chi connectivity index (χ3v) is 4.76. The van der Waals surface area contributed by atoms with E-state index in [9.17, 15) is 0 Å². The summed E-state index contributed by atoms with van der Waals surface area (Å²) in [6.07, 6.45) is 3.22. The molecule has 1 saturated heterocycles. The summed E-state index contributed by atoms with van der Waals surface area (Å²) in [5.41, 5.74) is 5.81. The van der Waals surface area contributed by atoms with Crippen LogP contribution in [0.3, 0.4) is 0 Å². The minimum Gasteiger partial charge on any atom is -0.493 e. The molecule has 0 radical (unpaired) electrons. The zero-order valence-electron chi connectivity index (χ0n) is 12.4. The summed E-state index contributed by atoms with van der Waals surface area (Å²) in [7, 11) is 0. The van der Waals surface area contributed by atoms with Gasteiger partial charge in [-0.05, 0) is 12.3 Å². The average Bonchev–Trinajstić information content (AvgIpc) is 2.98. The normalized spacial score (nSPS) is 20.4. The van der Waals surface area contributed by atoms with Crippen LogP contribution in [-0.2, 0) is 19.3 Å². The summed E-state index contributed by atoms with van der Waals surface area (Å²) in [5, 5.41) is 3.39. The Morgan fingerprint density at radius 2 is 1.75 bits per heavy atom. The van der Waals surface area contributed by atoms with Crippen LogP contribution in [0.4, 0.5) is 0 Å². The van der Waals surface area contributed by atoms with Crippen molar-refractivity contribution in [2.45, 2.75) is 39.0 Å². The van der Waals surface area contributed by atoms with Crippen molar-refractivity contribution in [3.63, 3.8) is 0 Å². The molecule has 3 heteroatoms. The summed E-state index contributed by atoms with van der Waals surface area (Å²) in [4.78, 5) is 0. The van der Waals surface area contributed by atoms with E-state index in [2.05, 4.69) is 19.2 Å². The molecule has 1 N–H and O–H groups in total. The van der Waals surface area contributed by atoms with Crippen LogP contribution in [0.5, 0.6) is 11.5 Å². The van der Waals surface area contributed by atoms with Crippen LogP contribution in [0, 0.1) is 5.92 Å². The molecular weight excluding hydrogens is 250 g/mol. The second-order valence-electron chi connectivity index (χ2n) is 6.66. The highest BCUT2D eigenvalue weighted by Crippen LogP contribution is 2.48. The van der Waals surface area contributed by atoms with Crippen LogP contribution >= 0.6 is 0 Å². The van der Waals surface area contributed by atoms with Crippen molar-refractivity contribution in [1.29, 1.82) is 0 Å². The van der Waals surface area contributed by atoms with Gasteiger partial charge >= 0.3 is 0 Å². The Hall–Kier alpha value is -1.22. The molecule has 108 valence electrons. The van der Waals surface area contributed by atoms with Gasteiger partial charge in [0.05, 0.1) is 13.2 Å². The number of fused-ring (bicyclic) bond motifs is 2. The van der Waals surface area contributed by atoms with Gasteiger partial charge in [0.25, 0.3) is 0 Å². The van der Waals surface area contributed by atoms with Crippen LogP contribution < -0.4 is 14.8 Å². The molecule has 3 nitrogen and oxygen atoms in total. The molecule has 3 aliphatic heterocycles. The molecule has 20 heavy (non-hydrogen) atoms. The Kier molecular flexibility index (Phi) is 2.92. The Morgan fingerprint density at radius 1 is 1.05 bits per heavy atom. The molecule has 1 aromatic rings. The van der Waals surface area contributed by atoms with Gasteiger partial charge in [-0.3, -0.25) is 0 Å². The fourth-order valence-corrected chi connectivity index (χ4v) is 3.79. The van der Waals surface area contributed by atoms with Crippen LogP contribution in [0.25, 0.3) is 0 Å². The van der Waals surface area contributed by atoms with Crippen LogP contribution in [-0.4, -0.2) is 26.3 Å². The van der Waals surface area contributed by atoms with Gasteiger partial charge in [-0.25, -0.2) is 0 Å². The fraction of sp³-hybridized carbons (Fsp3) is 0.647. The van der Waals surface area contributed by atoms with E-state index in [0.717, 1.165) is 45.6 Å². The summed E-state index contributed by atoms with van der Waals surface area (Å²) >= 11 is 0. The van der Waals surface area contributed by atoms with E-state index in [-0.39, 0.29) is 0 Å². The first-order valence-corrected chi connectivity index (χ1v) is 7.92. The zero-order chi connectivity index (χ0) is 13.7. The maximum atomic E-state index is 6.05. The highest BCUT2D eigenvalue weighted by molar-refractivity contribution is 5.63. The fourth-order valence-electron chi connectivity index (χ4n) is 3.79. The van der Waals surface area contributed by atoms with Crippen molar-refractivity contribution >= 4 is 0 Å². The molecule has 1 fully saturated rings. The van der Waals surface area contributed by atoms with E-state index < -0.39 is 0 Å². The smallest absolute Gasteiger partial charge is 0.127 e. The predicted molar refractivity (Wildman–Crippen MR) is 79.0 cm³/mol. The van der Waals surface area contributed by atoms with E-state index >= 15 is 0 Å². The largest absolute Gasteiger partial charge is 0.493 e. The second kappa shape index (κ2) is 4.66. The minimum atomic E-state index is 0.630. The van der Waals surface area contributed by atoms with Gasteiger partial charge in [0.2, 0.25) is 0 Å². The lowest BCUT2D eigenvalue weighted by atomic mass is 9.83. The topological polar surface area (TPSA) is 30.5 Å². The first-order valence-electron chi connectivity index (χ1n) is 7.92. The molecule has 0 amide bonds. The predicted octanol–water partition coefficient (Wildman–Crippen LogP) is 2.44. The Bertz CT molecular complexity index is 511. The van der Waals surface area contributed by atoms with Gasteiger partial charge in [-0.15, -0.1) is 0 Å². The zero-order valence-corrected chi connectivity index (χ0v) is 12.4. The Balaban J connectivity index is 1.90. The van der Waals surface area contributed by atoms with Crippen LogP contribution in [0.15, 0.2) is 0 Å². The summed E-state index contributed by atoms with van der Waals surface area (Å²) < 4.78 is 12.1. The highest BCUT2D eigenvalue weighted by Gasteiger charge is 2.36. The number of ether oxygens (including phenoxy) is 2. The molecule has 4 rings (SSSR count). The van der Waals surface area contributed by atoms with Crippen molar-refractivity contribution in [2.24, 2.45) is 5.92 Å². The highest BCUT2D eigenvalue weighted by atomic mass is 16.5. The van der Waals surface area contributed by atoms with Crippen molar-refractivity contribution in [3.8, 4) is 11.5 Å². The van der Waals surface area contributed by atoms with Gasteiger partial charge in [-0.2, -0.15) is 0 Å². The number of nitrogens with one attached hydrogen (secondary N) is 1. The second-order valence-corrected chi connectivity index (χ2v) is 6.66. The minimum absolute atomic E-state index is 0.630. The third kappa shape index (κ3) is 1.76. The SMILES string of the molecule is CC(C)Cc1c2c(c(C3CNC3)c3c1OCC3)OCC2. The molecule has 0 aromatic heterocycles. The maximum absolute atomic E-state index is 6.05. The van der Waals surface area contributed by atoms with E-state index in [1.54, 1.807) is 0 Å². The van der Waals surface area contributed by atoms with Gasteiger partial charge in [0, 0.05) is 54.1 Å². The van der Waals surface area contributed by atoms with E-state index in [1.807, 2.05) is 0 Å². The third-order valence-electron chi connectivity index (χ3n) is 4.76. The van der Waals surface area contributed by atoms with E-state index in [0.29, 0.717) is 11.8 Å². The molecule has 1 aromatic carbocycles. The summed E-state index contributed by atoms with van der Waals surface area (Å²) in [6.45, 7) is 8.44. The molecule has 3 heterocycles. The molecule has 0 unspecified atom stereocenters. The standard InChI is InChI=1S/C17H23NO2/c1-10(2)7-14-12-3-5-20-17(12)15(11-8-18-9-11)13-4-6-19-16(13)14/h10-11,18H,3-9H2,1-2H3. The maximum Gasteiger partial charge on any atom is 0.127 e. The van der Waals surface area contributed by atoms with Crippen molar-refractivity contribution in [3.05, 3.63) is 22.3 Å². The first kappa shape index (κ1) is 12.5. The van der Waals surface area contributed by atoms with Crippen LogP contribution in [0.1, 0.15) is 42.0 Å². The Morgan fingerprint density at radius 3 is 2.40 bits per heavy atom. The number of hydrogen-bond donors (Lipinski definition) is 1. The van der Waals surface area contributed by atoms with Crippen molar-refractivity contribution in [1.82, 2.24) is 5.32 Å². The molecule has 0 spiro atoms. The quantitative estimate of drug-likeness (QED) is 0.917. The van der Waals surface area contributed by atoms with E-state index in [4.69, 9.17) is 9.47 Å². The first-order chi connectivity index (χ1) is 9.75. The number of benzene rings is 1. The number of hydrogen-bond acceptors (Lipinski definition) is 3. The summed E-state index contributed by atoms with van der Waals surface area (Å²) in [5.74, 6) is 3.72. The van der Waals surface area contributed by atoms with Crippen molar-refractivity contribution < 1.29 is 9.47 Å². The number of rotatable bonds is 3. The van der Waals surface area contributed by atoms with E-state index in [1.165, 1.54) is 33.8 Å². The van der Waals surface area contributed by atoms with Gasteiger partial charge in [0.1, 0.15) is 11.5 Å².